The molecule has 37 heavy (non-hydrogen) atoms. The third-order valence-corrected chi connectivity index (χ3v) is 7.12. The first-order valence-electron chi connectivity index (χ1n) is 12.8. The Labute approximate surface area is 217 Å². The number of aryl methyl sites for hydroxylation is 1. The second-order valence-electron chi connectivity index (χ2n) is 9.53. The molecule has 1 aliphatic rings. The van der Waals surface area contributed by atoms with Crippen LogP contribution in [0.3, 0.4) is 0 Å². The molecule has 0 spiro atoms. The van der Waals surface area contributed by atoms with Gasteiger partial charge in [-0.3, -0.25) is 4.79 Å². The van der Waals surface area contributed by atoms with E-state index < -0.39 is 5.41 Å². The summed E-state index contributed by atoms with van der Waals surface area (Å²) in [4.78, 5) is 12.4. The summed E-state index contributed by atoms with van der Waals surface area (Å²) in [5, 5.41) is 14.6. The van der Waals surface area contributed by atoms with Gasteiger partial charge in [0.25, 0.3) is 0 Å². The maximum absolute atomic E-state index is 12.4. The van der Waals surface area contributed by atoms with Gasteiger partial charge in [-0.2, -0.15) is 0 Å². The number of hydrogen-bond donors (Lipinski definition) is 1. The number of carbonyl (C=O) groups excluding carboxylic acids is 1. The predicted molar refractivity (Wildman–Crippen MR) is 145 cm³/mol. The molecule has 1 N–H and O–H groups in total. The van der Waals surface area contributed by atoms with Crippen LogP contribution in [0.1, 0.15) is 48.6 Å². The Morgan fingerprint density at radius 2 is 1.59 bits per heavy atom. The van der Waals surface area contributed by atoms with Gasteiger partial charge in [-0.15, -0.1) is 0 Å². The fraction of sp³-hybridized carbons (Fsp3) is 0.250. The van der Waals surface area contributed by atoms with E-state index in [9.17, 15) is 9.90 Å². The number of allylic oxidation sites excluding steroid dienone is 1. The van der Waals surface area contributed by atoms with Crippen molar-refractivity contribution < 1.29 is 19.2 Å². The minimum absolute atomic E-state index is 0.115. The molecule has 5 heteroatoms. The Balaban J connectivity index is 1.29. The summed E-state index contributed by atoms with van der Waals surface area (Å²) in [6, 6.07) is 26.0. The van der Waals surface area contributed by atoms with E-state index in [1.54, 1.807) is 0 Å². The maximum Gasteiger partial charge on any atom is 0.316 e. The minimum Gasteiger partial charge on any atom is -0.508 e. The monoisotopic (exact) mass is 493 g/mol. The second-order valence-corrected chi connectivity index (χ2v) is 9.53. The minimum atomic E-state index is -0.452. The number of aliphatic hydroxyl groups excluding tert-OH is 1. The highest BCUT2D eigenvalue weighted by molar-refractivity contribution is 5.87. The number of ether oxygens (including phenoxy) is 1. The summed E-state index contributed by atoms with van der Waals surface area (Å²) in [7, 11) is 0. The summed E-state index contributed by atoms with van der Waals surface area (Å²) >= 11 is 0. The van der Waals surface area contributed by atoms with Gasteiger partial charge < -0.3 is 14.4 Å². The van der Waals surface area contributed by atoms with Gasteiger partial charge in [0, 0.05) is 16.7 Å². The average Bonchev–Trinajstić information content (AvgIpc) is 3.68. The molecule has 1 aromatic heterocycles. The molecule has 4 aromatic rings. The lowest BCUT2D eigenvalue weighted by Crippen LogP contribution is -2.23. The average molecular weight is 494 g/mol. The lowest BCUT2D eigenvalue weighted by Gasteiger charge is -2.14. The van der Waals surface area contributed by atoms with E-state index in [-0.39, 0.29) is 11.7 Å². The van der Waals surface area contributed by atoms with Crippen LogP contribution in [0, 0.1) is 6.92 Å². The van der Waals surface area contributed by atoms with Crippen molar-refractivity contribution in [2.75, 3.05) is 6.61 Å². The number of carbonyl (C=O) groups is 1. The Bertz CT molecular complexity index is 1400. The van der Waals surface area contributed by atoms with Gasteiger partial charge in [-0.05, 0) is 62.3 Å². The molecule has 188 valence electrons. The standard InChI is InChI=1S/C32H31NO4/c1-3-36-31(35)32(20-21-32)27-18-16-24(17-19-27)23-12-14-26(15-13-23)30-28(22(2)33-37-30)10-7-11-29(34)25-8-5-4-6-9-25/h4-6,8-9,11-19,34H,3,7,10,20-21H2,1-2H3/b29-11-. The van der Waals surface area contributed by atoms with Crippen LogP contribution in [-0.2, 0) is 21.4 Å². The molecule has 1 aliphatic carbocycles. The lowest BCUT2D eigenvalue weighted by molar-refractivity contribution is -0.146. The van der Waals surface area contributed by atoms with E-state index in [2.05, 4.69) is 29.4 Å². The number of esters is 1. The SMILES string of the molecule is CCOC(=O)C1(c2ccc(-c3ccc(-c4onc(C)c4CC/C=C(\O)c4ccccc4)cc3)cc2)CC1. The van der Waals surface area contributed by atoms with Crippen LogP contribution in [0.15, 0.2) is 89.5 Å². The van der Waals surface area contributed by atoms with Gasteiger partial charge in [0.05, 0.1) is 17.7 Å². The third kappa shape index (κ3) is 5.08. The molecule has 0 aliphatic heterocycles. The molecule has 1 heterocycles. The van der Waals surface area contributed by atoms with E-state index in [4.69, 9.17) is 9.26 Å². The van der Waals surface area contributed by atoms with Crippen molar-refractivity contribution >= 4 is 11.7 Å². The fourth-order valence-electron chi connectivity index (χ4n) is 4.79. The highest BCUT2D eigenvalue weighted by Gasteiger charge is 2.52. The van der Waals surface area contributed by atoms with Crippen molar-refractivity contribution in [3.63, 3.8) is 0 Å². The quantitative estimate of drug-likeness (QED) is 0.194. The van der Waals surface area contributed by atoms with Crippen LogP contribution < -0.4 is 0 Å². The van der Waals surface area contributed by atoms with Crippen molar-refractivity contribution in [1.82, 2.24) is 5.16 Å². The van der Waals surface area contributed by atoms with Gasteiger partial charge in [0.1, 0.15) is 5.76 Å². The summed E-state index contributed by atoms with van der Waals surface area (Å²) in [6.07, 6.45) is 4.92. The number of benzene rings is 3. The predicted octanol–water partition coefficient (Wildman–Crippen LogP) is 7.44. The molecular formula is C32H31NO4. The Morgan fingerprint density at radius 3 is 2.22 bits per heavy atom. The number of hydrogen-bond acceptors (Lipinski definition) is 5. The molecule has 0 bridgehead atoms. The molecule has 0 unspecified atom stereocenters. The topological polar surface area (TPSA) is 72.6 Å². The molecule has 0 atom stereocenters. The zero-order valence-corrected chi connectivity index (χ0v) is 21.2. The Morgan fingerprint density at radius 1 is 0.973 bits per heavy atom. The van der Waals surface area contributed by atoms with E-state index in [1.807, 2.05) is 74.5 Å². The van der Waals surface area contributed by atoms with E-state index in [1.165, 1.54) is 0 Å². The van der Waals surface area contributed by atoms with Crippen LogP contribution in [0.4, 0.5) is 0 Å². The van der Waals surface area contributed by atoms with E-state index >= 15 is 0 Å². The summed E-state index contributed by atoms with van der Waals surface area (Å²) < 4.78 is 11.0. The van der Waals surface area contributed by atoms with E-state index in [0.717, 1.165) is 57.7 Å². The number of aliphatic hydroxyl groups is 1. The molecule has 0 amide bonds. The van der Waals surface area contributed by atoms with Gasteiger partial charge in [0.2, 0.25) is 0 Å². The van der Waals surface area contributed by atoms with Gasteiger partial charge in [-0.1, -0.05) is 84.0 Å². The first-order valence-corrected chi connectivity index (χ1v) is 12.8. The lowest BCUT2D eigenvalue weighted by atomic mass is 9.93. The molecule has 0 saturated heterocycles. The molecule has 5 nitrogen and oxygen atoms in total. The first-order chi connectivity index (χ1) is 18.0. The number of aromatic nitrogens is 1. The maximum atomic E-state index is 12.4. The molecule has 1 saturated carbocycles. The number of rotatable bonds is 9. The van der Waals surface area contributed by atoms with Crippen molar-refractivity contribution in [1.29, 1.82) is 0 Å². The molecule has 0 radical (unpaired) electrons. The normalized spacial score (nSPS) is 14.4. The molecule has 5 rings (SSSR count). The fourth-order valence-corrected chi connectivity index (χ4v) is 4.79. The largest absolute Gasteiger partial charge is 0.508 e. The van der Waals surface area contributed by atoms with Crippen LogP contribution in [0.25, 0.3) is 28.2 Å². The van der Waals surface area contributed by atoms with Gasteiger partial charge in [-0.25, -0.2) is 0 Å². The Hall–Kier alpha value is -4.12. The summed E-state index contributed by atoms with van der Waals surface area (Å²) in [6.45, 7) is 4.20. The van der Waals surface area contributed by atoms with Crippen molar-refractivity contribution in [3.8, 4) is 22.5 Å². The van der Waals surface area contributed by atoms with E-state index in [0.29, 0.717) is 19.4 Å². The highest BCUT2D eigenvalue weighted by Crippen LogP contribution is 2.49. The molecule has 1 fully saturated rings. The number of nitrogens with zero attached hydrogens (tertiary/aromatic N) is 1. The van der Waals surface area contributed by atoms with Crippen LogP contribution in [0.5, 0.6) is 0 Å². The van der Waals surface area contributed by atoms with Crippen molar-refractivity contribution in [3.05, 3.63) is 107 Å². The third-order valence-electron chi connectivity index (χ3n) is 7.12. The van der Waals surface area contributed by atoms with Crippen LogP contribution >= 0.6 is 0 Å². The zero-order valence-electron chi connectivity index (χ0n) is 21.2. The van der Waals surface area contributed by atoms with Gasteiger partial charge in [0.15, 0.2) is 5.76 Å². The zero-order chi connectivity index (χ0) is 25.8. The van der Waals surface area contributed by atoms with Crippen LogP contribution in [0.2, 0.25) is 0 Å². The Kier molecular flexibility index (Phi) is 6.95. The van der Waals surface area contributed by atoms with Crippen LogP contribution in [-0.4, -0.2) is 22.8 Å². The highest BCUT2D eigenvalue weighted by atomic mass is 16.5. The molecular weight excluding hydrogens is 462 g/mol. The second kappa shape index (κ2) is 10.5. The van der Waals surface area contributed by atoms with Crippen molar-refractivity contribution in [2.24, 2.45) is 0 Å². The molecule has 3 aromatic carbocycles. The summed E-state index contributed by atoms with van der Waals surface area (Å²) in [5.41, 5.74) is 6.43. The first kappa shape index (κ1) is 24.6. The summed E-state index contributed by atoms with van der Waals surface area (Å²) in [5.74, 6) is 0.926. The van der Waals surface area contributed by atoms with Gasteiger partial charge >= 0.3 is 5.97 Å². The smallest absolute Gasteiger partial charge is 0.316 e. The van der Waals surface area contributed by atoms with Crippen molar-refractivity contribution in [2.45, 2.75) is 44.9 Å².